The number of rotatable bonds is 4. The third-order valence-electron chi connectivity index (χ3n) is 5.61. The van der Waals surface area contributed by atoms with Crippen molar-refractivity contribution in [2.45, 2.75) is 37.6 Å². The van der Waals surface area contributed by atoms with Crippen molar-refractivity contribution in [3.8, 4) is 0 Å². The molecule has 0 aromatic heterocycles. The fraction of sp³-hybridized carbons (Fsp3) is 0.611. The monoisotopic (exact) mass is 316 g/mol. The van der Waals surface area contributed by atoms with Gasteiger partial charge in [0.05, 0.1) is 31.3 Å². The molecule has 1 saturated heterocycles. The van der Waals surface area contributed by atoms with Gasteiger partial charge in [0.1, 0.15) is 0 Å². The van der Waals surface area contributed by atoms with Crippen molar-refractivity contribution in [3.05, 3.63) is 34.9 Å². The van der Waals surface area contributed by atoms with E-state index in [0.29, 0.717) is 25.7 Å². The Kier molecular flexibility index (Phi) is 3.77. The van der Waals surface area contributed by atoms with E-state index in [1.54, 1.807) is 0 Å². The lowest BCUT2D eigenvalue weighted by molar-refractivity contribution is -0.132. The average Bonchev–Trinajstić information content (AvgIpc) is 2.87. The number of carbonyl (C=O) groups is 1. The number of aryl methyl sites for hydroxylation is 1. The molecule has 0 saturated carbocycles. The van der Waals surface area contributed by atoms with Crippen molar-refractivity contribution in [2.24, 2.45) is 5.41 Å². The number of urea groups is 1. The molecule has 1 aliphatic heterocycles. The number of amides is 2. The van der Waals surface area contributed by atoms with Crippen LogP contribution < -0.4 is 10.6 Å². The van der Waals surface area contributed by atoms with E-state index in [1.807, 2.05) is 0 Å². The molecule has 1 fully saturated rings. The average molecular weight is 316 g/mol. The topological polar surface area (TPSA) is 70.6 Å². The van der Waals surface area contributed by atoms with Gasteiger partial charge in [-0.25, -0.2) is 4.79 Å². The van der Waals surface area contributed by atoms with Crippen LogP contribution in [0.25, 0.3) is 0 Å². The molecule has 3 aliphatic rings. The van der Waals surface area contributed by atoms with E-state index in [2.05, 4.69) is 28.8 Å². The quantitative estimate of drug-likeness (QED) is 0.794. The highest BCUT2D eigenvalue weighted by atomic mass is 16.5. The first kappa shape index (κ1) is 15.0. The summed E-state index contributed by atoms with van der Waals surface area (Å²) in [6.07, 6.45) is 4.65. The van der Waals surface area contributed by atoms with Crippen LogP contribution in [0.15, 0.2) is 18.2 Å². The summed E-state index contributed by atoms with van der Waals surface area (Å²) < 4.78 is 5.16. The molecule has 3 N–H and O–H groups in total. The van der Waals surface area contributed by atoms with Gasteiger partial charge in [-0.1, -0.05) is 18.2 Å². The highest BCUT2D eigenvalue weighted by Crippen LogP contribution is 2.47. The molecule has 1 aromatic rings. The molecule has 5 nitrogen and oxygen atoms in total. The molecule has 5 heteroatoms. The van der Waals surface area contributed by atoms with Gasteiger partial charge >= 0.3 is 6.03 Å². The van der Waals surface area contributed by atoms with E-state index in [1.165, 1.54) is 29.5 Å². The second kappa shape index (κ2) is 5.80. The molecule has 2 unspecified atom stereocenters. The van der Waals surface area contributed by atoms with Crippen LogP contribution in [-0.2, 0) is 11.2 Å². The number of benzene rings is 1. The van der Waals surface area contributed by atoms with Crippen LogP contribution in [0.2, 0.25) is 0 Å². The first-order chi connectivity index (χ1) is 11.2. The Balaban J connectivity index is 1.40. The van der Waals surface area contributed by atoms with Gasteiger partial charge in [-0.3, -0.25) is 0 Å². The van der Waals surface area contributed by atoms with Crippen molar-refractivity contribution < 1.29 is 14.6 Å². The lowest BCUT2D eigenvalue weighted by Crippen LogP contribution is -2.54. The Hall–Kier alpha value is -1.59. The number of ether oxygens (including phenoxy) is 1. The fourth-order valence-corrected chi connectivity index (χ4v) is 4.24. The Labute approximate surface area is 136 Å². The van der Waals surface area contributed by atoms with Gasteiger partial charge in [-0.2, -0.15) is 0 Å². The van der Waals surface area contributed by atoms with E-state index in [0.717, 1.165) is 12.8 Å². The summed E-state index contributed by atoms with van der Waals surface area (Å²) in [7, 11) is 0. The zero-order valence-corrected chi connectivity index (χ0v) is 13.3. The smallest absolute Gasteiger partial charge is 0.315 e. The summed E-state index contributed by atoms with van der Waals surface area (Å²) in [6.45, 7) is 1.53. The number of aliphatic hydroxyl groups is 1. The van der Waals surface area contributed by atoms with E-state index in [9.17, 15) is 9.90 Å². The maximum Gasteiger partial charge on any atom is 0.315 e. The predicted octanol–water partition coefficient (Wildman–Crippen LogP) is 1.86. The Morgan fingerprint density at radius 3 is 3.00 bits per heavy atom. The second-order valence-corrected chi connectivity index (χ2v) is 7.28. The van der Waals surface area contributed by atoms with E-state index >= 15 is 0 Å². The number of hydrogen-bond donors (Lipinski definition) is 3. The minimum Gasteiger partial charge on any atom is -0.396 e. The van der Waals surface area contributed by atoms with Crippen LogP contribution in [0, 0.1) is 5.41 Å². The van der Waals surface area contributed by atoms with E-state index in [-0.39, 0.29) is 24.1 Å². The van der Waals surface area contributed by atoms with Crippen LogP contribution in [-0.4, -0.2) is 37.5 Å². The minimum atomic E-state index is -0.288. The molecular formula is C18H24N2O3. The SMILES string of the molecule is O=C(NCC1(CO)COC1)NC1CC2CCCc3cccc1c32. The molecule has 4 rings (SSSR count). The van der Waals surface area contributed by atoms with Gasteiger partial charge in [0.2, 0.25) is 0 Å². The van der Waals surface area contributed by atoms with Crippen molar-refractivity contribution in [3.63, 3.8) is 0 Å². The summed E-state index contributed by atoms with van der Waals surface area (Å²) in [5, 5.41) is 15.5. The molecule has 1 heterocycles. The molecular weight excluding hydrogens is 292 g/mol. The standard InChI is InChI=1S/C18H24N2O3/c21-9-18(10-23-11-18)8-19-17(22)20-15-7-13-5-1-3-12-4-2-6-14(15)16(12)13/h2,4,6,13,15,21H,1,3,5,7-11H2,(H2,19,20,22). The van der Waals surface area contributed by atoms with Crippen LogP contribution in [0.4, 0.5) is 4.79 Å². The van der Waals surface area contributed by atoms with Crippen molar-refractivity contribution >= 4 is 6.03 Å². The number of carbonyl (C=O) groups excluding carboxylic acids is 1. The first-order valence-corrected chi connectivity index (χ1v) is 8.55. The zero-order chi connectivity index (χ0) is 15.9. The summed E-state index contributed by atoms with van der Waals surface area (Å²) in [5.41, 5.74) is 3.97. The molecule has 0 spiro atoms. The van der Waals surface area contributed by atoms with Crippen molar-refractivity contribution in [2.75, 3.05) is 26.4 Å². The lowest BCUT2D eigenvalue weighted by atomic mass is 9.84. The zero-order valence-electron chi connectivity index (χ0n) is 13.3. The van der Waals surface area contributed by atoms with Crippen molar-refractivity contribution in [1.82, 2.24) is 10.6 Å². The van der Waals surface area contributed by atoms with E-state index in [4.69, 9.17) is 4.74 Å². The number of aliphatic hydroxyl groups excluding tert-OH is 1. The van der Waals surface area contributed by atoms with Gasteiger partial charge in [0.25, 0.3) is 0 Å². The van der Waals surface area contributed by atoms with E-state index < -0.39 is 0 Å². The summed E-state index contributed by atoms with van der Waals surface area (Å²) in [4.78, 5) is 12.3. The maximum absolute atomic E-state index is 12.3. The van der Waals surface area contributed by atoms with Crippen LogP contribution in [0.5, 0.6) is 0 Å². The highest BCUT2D eigenvalue weighted by molar-refractivity contribution is 5.75. The summed E-state index contributed by atoms with van der Waals surface area (Å²) >= 11 is 0. The van der Waals surface area contributed by atoms with Crippen LogP contribution in [0.3, 0.4) is 0 Å². The molecule has 2 atom stereocenters. The molecule has 0 radical (unpaired) electrons. The van der Waals surface area contributed by atoms with Crippen molar-refractivity contribution in [1.29, 1.82) is 0 Å². The van der Waals surface area contributed by atoms with Gasteiger partial charge in [0.15, 0.2) is 0 Å². The third kappa shape index (κ3) is 2.62. The molecule has 1 aromatic carbocycles. The first-order valence-electron chi connectivity index (χ1n) is 8.55. The molecule has 2 amide bonds. The fourth-order valence-electron chi connectivity index (χ4n) is 4.24. The Morgan fingerprint density at radius 1 is 1.39 bits per heavy atom. The molecule has 23 heavy (non-hydrogen) atoms. The van der Waals surface area contributed by atoms with Gasteiger partial charge in [-0.15, -0.1) is 0 Å². The van der Waals surface area contributed by atoms with Crippen LogP contribution >= 0.6 is 0 Å². The highest BCUT2D eigenvalue weighted by Gasteiger charge is 2.39. The molecule has 2 aliphatic carbocycles. The summed E-state index contributed by atoms with van der Waals surface area (Å²) in [5.74, 6) is 0.601. The normalized spacial score (nSPS) is 27.0. The second-order valence-electron chi connectivity index (χ2n) is 7.28. The Morgan fingerprint density at radius 2 is 2.26 bits per heavy atom. The van der Waals surface area contributed by atoms with Gasteiger partial charge in [-0.05, 0) is 48.3 Å². The van der Waals surface area contributed by atoms with Crippen LogP contribution in [0.1, 0.15) is 47.9 Å². The number of nitrogens with one attached hydrogen (secondary N) is 2. The Bertz CT molecular complexity index is 607. The summed E-state index contributed by atoms with van der Waals surface area (Å²) in [6, 6.07) is 6.46. The molecule has 124 valence electrons. The number of hydrogen-bond acceptors (Lipinski definition) is 3. The maximum atomic E-state index is 12.3. The molecule has 0 bridgehead atoms. The minimum absolute atomic E-state index is 0.0466. The van der Waals surface area contributed by atoms with Gasteiger partial charge < -0.3 is 20.5 Å². The largest absolute Gasteiger partial charge is 0.396 e. The predicted molar refractivity (Wildman–Crippen MR) is 86.4 cm³/mol. The third-order valence-corrected chi connectivity index (χ3v) is 5.61. The van der Waals surface area contributed by atoms with Gasteiger partial charge in [0, 0.05) is 6.54 Å². The lowest BCUT2D eigenvalue weighted by Gasteiger charge is -2.39.